The summed E-state index contributed by atoms with van der Waals surface area (Å²) < 4.78 is 0. The van der Waals surface area contributed by atoms with Gasteiger partial charge in [-0.1, -0.05) is 11.6 Å². The van der Waals surface area contributed by atoms with E-state index in [4.69, 9.17) is 17.3 Å². The molecule has 0 radical (unpaired) electrons. The predicted octanol–water partition coefficient (Wildman–Crippen LogP) is 3.61. The number of anilines is 3. The highest BCUT2D eigenvalue weighted by Crippen LogP contribution is 2.25. The van der Waals surface area contributed by atoms with Crippen molar-refractivity contribution >= 4 is 39.7 Å². The molecule has 94 valence electrons. The van der Waals surface area contributed by atoms with Crippen LogP contribution in [0.4, 0.5) is 17.2 Å². The molecule has 0 aliphatic rings. The summed E-state index contributed by atoms with van der Waals surface area (Å²) >= 11 is 5.86. The first-order valence-corrected chi connectivity index (χ1v) is 6.13. The fourth-order valence-electron chi connectivity index (χ4n) is 1.84. The largest absolute Gasteiger partial charge is 0.399 e. The van der Waals surface area contributed by atoms with Gasteiger partial charge in [-0.2, -0.15) is 0 Å². The van der Waals surface area contributed by atoms with E-state index >= 15 is 0 Å². The fraction of sp³-hybridized carbons (Fsp3) is 0. The molecule has 3 aromatic rings. The molecule has 1 heterocycles. The maximum atomic E-state index is 5.86. The van der Waals surface area contributed by atoms with Crippen LogP contribution in [-0.4, -0.2) is 9.97 Å². The zero-order chi connectivity index (χ0) is 13.2. The smallest absolute Gasteiger partial charge is 0.141 e. The first-order chi connectivity index (χ1) is 9.22. The van der Waals surface area contributed by atoms with Crippen molar-refractivity contribution in [3.8, 4) is 0 Å². The number of nitrogens with zero attached hydrogens (tertiary/aromatic N) is 2. The second kappa shape index (κ2) is 4.74. The van der Waals surface area contributed by atoms with E-state index in [1.165, 1.54) is 6.33 Å². The topological polar surface area (TPSA) is 63.8 Å². The number of benzene rings is 2. The summed E-state index contributed by atoms with van der Waals surface area (Å²) in [6, 6.07) is 13.0. The van der Waals surface area contributed by atoms with Crippen molar-refractivity contribution in [2.75, 3.05) is 11.1 Å². The van der Waals surface area contributed by atoms with Crippen molar-refractivity contribution in [1.29, 1.82) is 0 Å². The maximum Gasteiger partial charge on any atom is 0.141 e. The van der Waals surface area contributed by atoms with Gasteiger partial charge in [0.2, 0.25) is 0 Å². The van der Waals surface area contributed by atoms with Gasteiger partial charge in [-0.15, -0.1) is 0 Å². The highest BCUT2D eigenvalue weighted by molar-refractivity contribution is 6.30. The van der Waals surface area contributed by atoms with Crippen LogP contribution >= 0.6 is 11.6 Å². The molecule has 0 spiro atoms. The Morgan fingerprint density at radius 2 is 1.79 bits per heavy atom. The molecule has 19 heavy (non-hydrogen) atoms. The molecule has 0 bridgehead atoms. The van der Waals surface area contributed by atoms with Crippen LogP contribution in [0.3, 0.4) is 0 Å². The van der Waals surface area contributed by atoms with Gasteiger partial charge < -0.3 is 11.1 Å². The van der Waals surface area contributed by atoms with Gasteiger partial charge in [0.25, 0.3) is 0 Å². The molecule has 0 atom stereocenters. The molecule has 0 saturated carbocycles. The summed E-state index contributed by atoms with van der Waals surface area (Å²) in [6.45, 7) is 0. The van der Waals surface area contributed by atoms with Gasteiger partial charge in [-0.25, -0.2) is 9.97 Å². The molecule has 0 aliphatic carbocycles. The van der Waals surface area contributed by atoms with Crippen LogP contribution in [0.2, 0.25) is 5.02 Å². The summed E-state index contributed by atoms with van der Waals surface area (Å²) in [6.07, 6.45) is 1.52. The van der Waals surface area contributed by atoms with Gasteiger partial charge in [-0.05, 0) is 42.5 Å². The van der Waals surface area contributed by atoms with Crippen molar-refractivity contribution in [2.24, 2.45) is 0 Å². The quantitative estimate of drug-likeness (QED) is 0.698. The third kappa shape index (κ3) is 2.44. The lowest BCUT2D eigenvalue weighted by Crippen LogP contribution is -1.96. The fourth-order valence-corrected chi connectivity index (χ4v) is 1.97. The van der Waals surface area contributed by atoms with Gasteiger partial charge in [0.05, 0.1) is 5.52 Å². The number of fused-ring (bicyclic) bond motifs is 1. The lowest BCUT2D eigenvalue weighted by atomic mass is 10.2. The average molecular weight is 271 g/mol. The average Bonchev–Trinajstić information content (AvgIpc) is 2.42. The number of halogens is 1. The highest BCUT2D eigenvalue weighted by Gasteiger charge is 2.04. The summed E-state index contributed by atoms with van der Waals surface area (Å²) in [5.74, 6) is 0.722. The summed E-state index contributed by atoms with van der Waals surface area (Å²) in [5, 5.41) is 4.82. The van der Waals surface area contributed by atoms with Gasteiger partial charge in [0.1, 0.15) is 12.1 Å². The molecule has 5 heteroatoms. The van der Waals surface area contributed by atoms with Crippen molar-refractivity contribution in [1.82, 2.24) is 9.97 Å². The first kappa shape index (κ1) is 11.7. The molecule has 0 unspecified atom stereocenters. The van der Waals surface area contributed by atoms with Crippen LogP contribution in [0.5, 0.6) is 0 Å². The molecule has 0 fully saturated rings. The second-order valence-corrected chi connectivity index (χ2v) is 4.57. The number of hydrogen-bond acceptors (Lipinski definition) is 4. The number of rotatable bonds is 2. The molecule has 2 aromatic carbocycles. The van der Waals surface area contributed by atoms with Gasteiger partial charge in [-0.3, -0.25) is 0 Å². The molecule has 4 nitrogen and oxygen atoms in total. The minimum atomic E-state index is 0.682. The number of hydrogen-bond donors (Lipinski definition) is 2. The van der Waals surface area contributed by atoms with Crippen molar-refractivity contribution in [3.63, 3.8) is 0 Å². The van der Waals surface area contributed by atoms with Crippen LogP contribution < -0.4 is 11.1 Å². The first-order valence-electron chi connectivity index (χ1n) is 5.75. The Kier molecular flexibility index (Phi) is 2.93. The van der Waals surface area contributed by atoms with E-state index in [9.17, 15) is 0 Å². The van der Waals surface area contributed by atoms with E-state index in [0.717, 1.165) is 22.4 Å². The Morgan fingerprint density at radius 1 is 1.00 bits per heavy atom. The molecule has 0 amide bonds. The Balaban J connectivity index is 2.05. The normalized spacial score (nSPS) is 10.6. The summed E-state index contributed by atoms with van der Waals surface area (Å²) in [7, 11) is 0. The third-order valence-electron chi connectivity index (χ3n) is 2.77. The van der Waals surface area contributed by atoms with Crippen LogP contribution in [-0.2, 0) is 0 Å². The Hall–Kier alpha value is -2.33. The summed E-state index contributed by atoms with van der Waals surface area (Å²) in [4.78, 5) is 8.47. The SMILES string of the molecule is Nc1ccc2ncnc(Nc3ccc(Cl)cc3)c2c1. The molecule has 1 aromatic heterocycles. The van der Waals surface area contributed by atoms with Crippen molar-refractivity contribution in [2.45, 2.75) is 0 Å². The number of nitrogens with one attached hydrogen (secondary N) is 1. The maximum absolute atomic E-state index is 5.86. The molecule has 0 saturated heterocycles. The van der Waals surface area contributed by atoms with Gasteiger partial charge >= 0.3 is 0 Å². The molecule has 3 rings (SSSR count). The number of aromatic nitrogens is 2. The third-order valence-corrected chi connectivity index (χ3v) is 3.02. The number of nitrogens with two attached hydrogens (primary N) is 1. The summed E-state index contributed by atoms with van der Waals surface area (Å²) in [5.41, 5.74) is 8.24. The molecule has 3 N–H and O–H groups in total. The Bertz CT molecular complexity index is 725. The van der Waals surface area contributed by atoms with Crippen LogP contribution in [0.1, 0.15) is 0 Å². The van der Waals surface area contributed by atoms with Crippen LogP contribution in [0.25, 0.3) is 10.9 Å². The number of nitrogen functional groups attached to an aromatic ring is 1. The van der Waals surface area contributed by atoms with E-state index < -0.39 is 0 Å². The highest BCUT2D eigenvalue weighted by atomic mass is 35.5. The van der Waals surface area contributed by atoms with Crippen LogP contribution in [0.15, 0.2) is 48.8 Å². The zero-order valence-electron chi connectivity index (χ0n) is 9.97. The monoisotopic (exact) mass is 270 g/mol. The minimum absolute atomic E-state index is 0.682. The van der Waals surface area contributed by atoms with Gasteiger partial charge in [0, 0.05) is 21.8 Å². The lowest BCUT2D eigenvalue weighted by Gasteiger charge is -2.08. The lowest BCUT2D eigenvalue weighted by molar-refractivity contribution is 1.22. The van der Waals surface area contributed by atoms with E-state index in [0.29, 0.717) is 10.7 Å². The zero-order valence-corrected chi connectivity index (χ0v) is 10.7. The predicted molar refractivity (Wildman–Crippen MR) is 78.7 cm³/mol. The molecular weight excluding hydrogens is 260 g/mol. The second-order valence-electron chi connectivity index (χ2n) is 4.13. The Morgan fingerprint density at radius 3 is 2.58 bits per heavy atom. The van der Waals surface area contributed by atoms with E-state index in [1.54, 1.807) is 0 Å². The Labute approximate surface area is 115 Å². The molecular formula is C14H11ClN4. The van der Waals surface area contributed by atoms with E-state index in [-0.39, 0.29) is 0 Å². The van der Waals surface area contributed by atoms with Crippen molar-refractivity contribution in [3.05, 3.63) is 53.8 Å². The minimum Gasteiger partial charge on any atom is -0.399 e. The molecule has 0 aliphatic heterocycles. The van der Waals surface area contributed by atoms with E-state index in [1.807, 2.05) is 42.5 Å². The van der Waals surface area contributed by atoms with Crippen molar-refractivity contribution < 1.29 is 0 Å². The van der Waals surface area contributed by atoms with E-state index in [2.05, 4.69) is 15.3 Å². The standard InChI is InChI=1S/C14H11ClN4/c15-9-1-4-11(5-2-9)19-14-12-7-10(16)3-6-13(12)17-8-18-14/h1-8H,16H2,(H,17,18,19). The van der Waals surface area contributed by atoms with Crippen LogP contribution in [0, 0.1) is 0 Å². The van der Waals surface area contributed by atoms with Gasteiger partial charge in [0.15, 0.2) is 0 Å².